The molecule has 2 N–H and O–H groups in total. The standard InChI is InChI=1S/C20H21ClN2O3/c21-17-8-4-7-16(13-17)18(14-5-2-1-3-6-14)22-20(26)23-11-9-15(10-12-23)19(24)25/h1-8,13,15,18H,9-12H2,(H,22,26)(H,24,25). The van der Waals surface area contributed by atoms with Crippen LogP contribution in [0, 0.1) is 5.92 Å². The van der Waals surface area contributed by atoms with Crippen molar-refractivity contribution in [2.75, 3.05) is 13.1 Å². The van der Waals surface area contributed by atoms with Gasteiger partial charge in [0.15, 0.2) is 0 Å². The van der Waals surface area contributed by atoms with Gasteiger partial charge in [0.25, 0.3) is 0 Å². The second kappa shape index (κ2) is 8.23. The number of aliphatic carboxylic acids is 1. The van der Waals surface area contributed by atoms with Gasteiger partial charge in [0.05, 0.1) is 12.0 Å². The number of amides is 2. The lowest BCUT2D eigenvalue weighted by Crippen LogP contribution is -2.46. The highest BCUT2D eigenvalue weighted by Crippen LogP contribution is 2.25. The van der Waals surface area contributed by atoms with E-state index in [1.54, 1.807) is 11.0 Å². The SMILES string of the molecule is O=C(O)C1CCN(C(=O)NC(c2ccccc2)c2cccc(Cl)c2)CC1. The first-order valence-corrected chi connectivity index (χ1v) is 9.01. The van der Waals surface area contributed by atoms with E-state index in [1.807, 2.05) is 48.5 Å². The number of urea groups is 1. The number of nitrogens with one attached hydrogen (secondary N) is 1. The van der Waals surface area contributed by atoms with Crippen molar-refractivity contribution >= 4 is 23.6 Å². The molecule has 0 radical (unpaired) electrons. The molecule has 2 aromatic carbocycles. The van der Waals surface area contributed by atoms with E-state index in [9.17, 15) is 9.59 Å². The van der Waals surface area contributed by atoms with Crippen LogP contribution in [0.2, 0.25) is 5.02 Å². The second-order valence-electron chi connectivity index (χ2n) is 6.45. The van der Waals surface area contributed by atoms with Crippen molar-refractivity contribution in [3.8, 4) is 0 Å². The van der Waals surface area contributed by atoms with Gasteiger partial charge in [0, 0.05) is 18.1 Å². The Hall–Kier alpha value is -2.53. The molecule has 1 saturated heterocycles. The van der Waals surface area contributed by atoms with Gasteiger partial charge in [-0.2, -0.15) is 0 Å². The Morgan fingerprint density at radius 3 is 2.31 bits per heavy atom. The Morgan fingerprint density at radius 2 is 1.69 bits per heavy atom. The van der Waals surface area contributed by atoms with E-state index in [0.29, 0.717) is 31.0 Å². The Balaban J connectivity index is 1.76. The maximum absolute atomic E-state index is 12.8. The predicted octanol–water partition coefficient (Wildman–Crippen LogP) is 3.94. The van der Waals surface area contributed by atoms with Gasteiger partial charge >= 0.3 is 12.0 Å². The number of carboxylic acids is 1. The third kappa shape index (κ3) is 4.35. The summed E-state index contributed by atoms with van der Waals surface area (Å²) in [5, 5.41) is 12.8. The zero-order valence-electron chi connectivity index (χ0n) is 14.3. The highest BCUT2D eigenvalue weighted by atomic mass is 35.5. The van der Waals surface area contributed by atoms with E-state index in [0.717, 1.165) is 11.1 Å². The monoisotopic (exact) mass is 372 g/mol. The molecule has 1 heterocycles. The topological polar surface area (TPSA) is 69.6 Å². The molecule has 5 nitrogen and oxygen atoms in total. The zero-order chi connectivity index (χ0) is 18.5. The first kappa shape index (κ1) is 18.3. The molecule has 0 aliphatic carbocycles. The molecule has 2 aromatic rings. The number of halogens is 1. The summed E-state index contributed by atoms with van der Waals surface area (Å²) in [6.07, 6.45) is 0.964. The number of carboxylic acid groups (broad SMARTS) is 1. The van der Waals surface area contributed by atoms with Crippen molar-refractivity contribution in [1.82, 2.24) is 10.2 Å². The number of hydrogen-bond acceptors (Lipinski definition) is 2. The molecule has 0 saturated carbocycles. The number of rotatable bonds is 4. The fourth-order valence-electron chi connectivity index (χ4n) is 3.24. The Kier molecular flexibility index (Phi) is 5.78. The van der Waals surface area contributed by atoms with Crippen molar-refractivity contribution in [2.45, 2.75) is 18.9 Å². The molecule has 1 unspecified atom stereocenters. The molecule has 1 aliphatic heterocycles. The molecule has 26 heavy (non-hydrogen) atoms. The van der Waals surface area contributed by atoms with Crippen LogP contribution in [0.25, 0.3) is 0 Å². The second-order valence-corrected chi connectivity index (χ2v) is 6.88. The lowest BCUT2D eigenvalue weighted by atomic mass is 9.97. The van der Waals surface area contributed by atoms with Crippen molar-refractivity contribution in [3.05, 3.63) is 70.7 Å². The van der Waals surface area contributed by atoms with E-state index in [2.05, 4.69) is 5.32 Å². The lowest BCUT2D eigenvalue weighted by Gasteiger charge is -2.32. The Bertz CT molecular complexity index is 774. The molecule has 0 spiro atoms. The first-order chi connectivity index (χ1) is 12.5. The van der Waals surface area contributed by atoms with Crippen LogP contribution in [0.4, 0.5) is 4.79 Å². The van der Waals surface area contributed by atoms with Gasteiger partial charge in [-0.1, -0.05) is 54.1 Å². The minimum Gasteiger partial charge on any atom is -0.481 e. The van der Waals surface area contributed by atoms with Gasteiger partial charge in [-0.3, -0.25) is 4.79 Å². The van der Waals surface area contributed by atoms with Crippen LogP contribution in [-0.4, -0.2) is 35.1 Å². The highest BCUT2D eigenvalue weighted by Gasteiger charge is 2.28. The van der Waals surface area contributed by atoms with Crippen LogP contribution in [-0.2, 0) is 4.79 Å². The van der Waals surface area contributed by atoms with Gasteiger partial charge in [-0.15, -0.1) is 0 Å². The number of nitrogens with zero attached hydrogens (tertiary/aromatic N) is 1. The molecule has 1 fully saturated rings. The molecule has 6 heteroatoms. The minimum atomic E-state index is -0.786. The smallest absolute Gasteiger partial charge is 0.318 e. The summed E-state index contributed by atoms with van der Waals surface area (Å²) in [4.78, 5) is 25.5. The average Bonchev–Trinajstić information content (AvgIpc) is 2.66. The third-order valence-corrected chi connectivity index (χ3v) is 4.95. The van der Waals surface area contributed by atoms with E-state index in [4.69, 9.17) is 16.7 Å². The number of carbonyl (C=O) groups is 2. The van der Waals surface area contributed by atoms with Crippen LogP contribution in [0.1, 0.15) is 30.0 Å². The molecule has 1 atom stereocenters. The number of benzene rings is 2. The normalized spacial score (nSPS) is 16.1. The molecular weight excluding hydrogens is 352 g/mol. The number of piperidine rings is 1. The lowest BCUT2D eigenvalue weighted by molar-refractivity contribution is -0.143. The van der Waals surface area contributed by atoms with E-state index in [1.165, 1.54) is 0 Å². The highest BCUT2D eigenvalue weighted by molar-refractivity contribution is 6.30. The summed E-state index contributed by atoms with van der Waals surface area (Å²) >= 11 is 6.13. The first-order valence-electron chi connectivity index (χ1n) is 8.63. The van der Waals surface area contributed by atoms with Crippen LogP contribution in [0.15, 0.2) is 54.6 Å². The van der Waals surface area contributed by atoms with Gasteiger partial charge in [0.1, 0.15) is 0 Å². The molecule has 2 amide bonds. The van der Waals surface area contributed by atoms with Crippen molar-refractivity contribution in [1.29, 1.82) is 0 Å². The fourth-order valence-corrected chi connectivity index (χ4v) is 3.43. The molecule has 1 aliphatic rings. The maximum atomic E-state index is 12.8. The van der Waals surface area contributed by atoms with E-state index < -0.39 is 5.97 Å². The van der Waals surface area contributed by atoms with E-state index in [-0.39, 0.29) is 18.0 Å². The van der Waals surface area contributed by atoms with Crippen molar-refractivity contribution in [2.24, 2.45) is 5.92 Å². The molecule has 0 bridgehead atoms. The number of carbonyl (C=O) groups excluding carboxylic acids is 1. The molecule has 136 valence electrons. The summed E-state index contributed by atoms with van der Waals surface area (Å²) in [6.45, 7) is 0.889. The quantitative estimate of drug-likeness (QED) is 0.854. The van der Waals surface area contributed by atoms with Gasteiger partial charge in [-0.05, 0) is 36.1 Å². The number of likely N-dealkylation sites (tertiary alicyclic amines) is 1. The Morgan fingerprint density at radius 1 is 1.04 bits per heavy atom. The summed E-state index contributed by atoms with van der Waals surface area (Å²) < 4.78 is 0. The summed E-state index contributed by atoms with van der Waals surface area (Å²) in [5.41, 5.74) is 1.86. The third-order valence-electron chi connectivity index (χ3n) is 4.71. The van der Waals surface area contributed by atoms with Crippen LogP contribution in [0.5, 0.6) is 0 Å². The predicted molar refractivity (Wildman–Crippen MR) is 100 cm³/mol. The van der Waals surface area contributed by atoms with Gasteiger partial charge in [-0.25, -0.2) is 4.79 Å². The summed E-state index contributed by atoms with van der Waals surface area (Å²) in [6, 6.07) is 16.6. The number of hydrogen-bond donors (Lipinski definition) is 2. The van der Waals surface area contributed by atoms with E-state index >= 15 is 0 Å². The molecular formula is C20H21ClN2O3. The zero-order valence-corrected chi connectivity index (χ0v) is 15.0. The largest absolute Gasteiger partial charge is 0.481 e. The van der Waals surface area contributed by atoms with Gasteiger partial charge < -0.3 is 15.3 Å². The Labute approximate surface area is 157 Å². The summed E-state index contributed by atoms with van der Waals surface area (Å²) in [5.74, 6) is -1.15. The van der Waals surface area contributed by atoms with Crippen molar-refractivity contribution < 1.29 is 14.7 Å². The fraction of sp³-hybridized carbons (Fsp3) is 0.300. The van der Waals surface area contributed by atoms with Crippen LogP contribution >= 0.6 is 11.6 Å². The summed E-state index contributed by atoms with van der Waals surface area (Å²) in [7, 11) is 0. The van der Waals surface area contributed by atoms with Crippen molar-refractivity contribution in [3.63, 3.8) is 0 Å². The minimum absolute atomic E-state index is 0.192. The molecule has 0 aromatic heterocycles. The average molecular weight is 373 g/mol. The van der Waals surface area contributed by atoms with Gasteiger partial charge in [0.2, 0.25) is 0 Å². The molecule has 3 rings (SSSR count). The maximum Gasteiger partial charge on any atom is 0.318 e. The van der Waals surface area contributed by atoms with Crippen LogP contribution < -0.4 is 5.32 Å². The van der Waals surface area contributed by atoms with Crippen LogP contribution in [0.3, 0.4) is 0 Å².